The normalized spacial score (nSPS) is 20.6. The minimum atomic E-state index is 0.432. The topological polar surface area (TPSA) is 17.1 Å². The van der Waals surface area contributed by atoms with Crippen LogP contribution in [0.5, 0.6) is 0 Å². The van der Waals surface area contributed by atoms with E-state index in [2.05, 4.69) is 22.6 Å². The molecule has 52 valence electrons. The van der Waals surface area contributed by atoms with Gasteiger partial charge in [-0.15, -0.1) is 0 Å². The van der Waals surface area contributed by atoms with Gasteiger partial charge in [0.05, 0.1) is 4.43 Å². The molecule has 0 aliphatic heterocycles. The fourth-order valence-electron chi connectivity index (χ4n) is 1.36. The molecule has 2 heteroatoms. The summed E-state index contributed by atoms with van der Waals surface area (Å²) in [6.07, 6.45) is 4.85. The molecule has 0 aromatic heterocycles. The van der Waals surface area contributed by atoms with Gasteiger partial charge in [-0.25, -0.2) is 0 Å². The van der Waals surface area contributed by atoms with Crippen molar-refractivity contribution in [3.05, 3.63) is 0 Å². The SMILES string of the molecule is O=C(CI)C1CCCC1. The van der Waals surface area contributed by atoms with Crippen LogP contribution >= 0.6 is 22.6 Å². The Kier molecular flexibility index (Phi) is 2.95. The highest BCUT2D eigenvalue weighted by molar-refractivity contribution is 14.1. The maximum atomic E-state index is 11.0. The minimum absolute atomic E-state index is 0.432. The van der Waals surface area contributed by atoms with Gasteiger partial charge in [-0.3, -0.25) is 4.79 Å². The van der Waals surface area contributed by atoms with Crippen LogP contribution in [0.4, 0.5) is 0 Å². The first-order valence-electron chi connectivity index (χ1n) is 3.43. The third-order valence-corrected chi connectivity index (χ3v) is 2.69. The molecule has 1 saturated carbocycles. The molecule has 1 fully saturated rings. The number of halogens is 1. The molecule has 1 rings (SSSR count). The van der Waals surface area contributed by atoms with Gasteiger partial charge in [0.2, 0.25) is 0 Å². The molecule has 0 heterocycles. The molecule has 0 saturated heterocycles. The van der Waals surface area contributed by atoms with E-state index >= 15 is 0 Å². The van der Waals surface area contributed by atoms with Crippen LogP contribution in [0.1, 0.15) is 25.7 Å². The van der Waals surface area contributed by atoms with Gasteiger partial charge in [-0.1, -0.05) is 35.4 Å². The molecular weight excluding hydrogens is 227 g/mol. The minimum Gasteiger partial charge on any atom is -0.299 e. The third-order valence-electron chi connectivity index (χ3n) is 1.94. The van der Waals surface area contributed by atoms with Crippen LogP contribution < -0.4 is 0 Å². The average Bonchev–Trinajstić information content (AvgIpc) is 2.37. The van der Waals surface area contributed by atoms with Crippen molar-refractivity contribution in [3.8, 4) is 0 Å². The van der Waals surface area contributed by atoms with Gasteiger partial charge in [0, 0.05) is 5.92 Å². The van der Waals surface area contributed by atoms with Crippen LogP contribution in [0.25, 0.3) is 0 Å². The third kappa shape index (κ3) is 1.92. The van der Waals surface area contributed by atoms with E-state index in [0.29, 0.717) is 16.1 Å². The molecule has 0 radical (unpaired) electrons. The van der Waals surface area contributed by atoms with Gasteiger partial charge in [0.1, 0.15) is 5.78 Å². The van der Waals surface area contributed by atoms with Gasteiger partial charge >= 0.3 is 0 Å². The van der Waals surface area contributed by atoms with E-state index in [1.54, 1.807) is 0 Å². The van der Waals surface area contributed by atoms with Gasteiger partial charge in [0.25, 0.3) is 0 Å². The zero-order valence-electron chi connectivity index (χ0n) is 5.40. The lowest BCUT2D eigenvalue weighted by Gasteiger charge is -2.02. The number of alkyl halides is 1. The van der Waals surface area contributed by atoms with E-state index < -0.39 is 0 Å². The van der Waals surface area contributed by atoms with E-state index in [4.69, 9.17) is 0 Å². The average molecular weight is 238 g/mol. The number of carbonyl (C=O) groups is 1. The van der Waals surface area contributed by atoms with E-state index in [1.807, 2.05) is 0 Å². The van der Waals surface area contributed by atoms with Gasteiger partial charge in [-0.2, -0.15) is 0 Å². The van der Waals surface area contributed by atoms with E-state index in [9.17, 15) is 4.79 Å². The molecule has 0 N–H and O–H groups in total. The second-order valence-electron chi connectivity index (χ2n) is 2.58. The fourth-order valence-corrected chi connectivity index (χ4v) is 1.98. The summed E-state index contributed by atoms with van der Waals surface area (Å²) in [5, 5.41) is 0. The Bertz CT molecular complexity index is 105. The lowest BCUT2D eigenvalue weighted by Crippen LogP contribution is -2.10. The summed E-state index contributed by atoms with van der Waals surface area (Å²) < 4.78 is 0.711. The maximum absolute atomic E-state index is 11.0. The second kappa shape index (κ2) is 3.54. The van der Waals surface area contributed by atoms with Crippen LogP contribution in [-0.4, -0.2) is 10.2 Å². The van der Waals surface area contributed by atoms with Gasteiger partial charge in [0.15, 0.2) is 0 Å². The summed E-state index contributed by atoms with van der Waals surface area (Å²) in [6, 6.07) is 0. The molecule has 1 aliphatic rings. The number of hydrogen-bond donors (Lipinski definition) is 0. The maximum Gasteiger partial charge on any atom is 0.145 e. The highest BCUT2D eigenvalue weighted by Crippen LogP contribution is 2.25. The van der Waals surface area contributed by atoms with Crippen molar-refractivity contribution in [3.63, 3.8) is 0 Å². The van der Waals surface area contributed by atoms with Crippen LogP contribution in [0.3, 0.4) is 0 Å². The van der Waals surface area contributed by atoms with Crippen molar-refractivity contribution in [2.45, 2.75) is 25.7 Å². The number of Topliss-reactive ketones (excluding diaryl/α,β-unsaturated/α-hetero) is 1. The van der Waals surface area contributed by atoms with E-state index in [0.717, 1.165) is 12.8 Å². The Morgan fingerprint density at radius 1 is 1.44 bits per heavy atom. The number of carbonyl (C=O) groups excluding carboxylic acids is 1. The van der Waals surface area contributed by atoms with Crippen LogP contribution in [0.2, 0.25) is 0 Å². The quantitative estimate of drug-likeness (QED) is 0.532. The summed E-state index contributed by atoms with van der Waals surface area (Å²) in [7, 11) is 0. The molecule has 9 heavy (non-hydrogen) atoms. The highest BCUT2D eigenvalue weighted by atomic mass is 127. The van der Waals surface area contributed by atoms with Gasteiger partial charge in [-0.05, 0) is 12.8 Å². The predicted molar refractivity (Wildman–Crippen MR) is 45.9 cm³/mol. The lowest BCUT2D eigenvalue weighted by atomic mass is 10.0. The Hall–Kier alpha value is 0.400. The molecule has 0 unspecified atom stereocenters. The van der Waals surface area contributed by atoms with Crippen molar-refractivity contribution in [2.75, 3.05) is 4.43 Å². The molecule has 1 nitrogen and oxygen atoms in total. The number of ketones is 1. The molecular formula is C7H11IO. The van der Waals surface area contributed by atoms with Crippen molar-refractivity contribution >= 4 is 28.4 Å². The Morgan fingerprint density at radius 2 is 2.00 bits per heavy atom. The summed E-state index contributed by atoms with van der Waals surface area (Å²) >= 11 is 2.15. The largest absolute Gasteiger partial charge is 0.299 e. The summed E-state index contributed by atoms with van der Waals surface area (Å²) in [4.78, 5) is 11.0. The van der Waals surface area contributed by atoms with Gasteiger partial charge < -0.3 is 0 Å². The zero-order chi connectivity index (χ0) is 6.69. The number of hydrogen-bond acceptors (Lipinski definition) is 1. The van der Waals surface area contributed by atoms with Crippen molar-refractivity contribution in [2.24, 2.45) is 5.92 Å². The highest BCUT2D eigenvalue weighted by Gasteiger charge is 2.20. The van der Waals surface area contributed by atoms with Crippen molar-refractivity contribution < 1.29 is 4.79 Å². The fraction of sp³-hybridized carbons (Fsp3) is 0.857. The Morgan fingerprint density at radius 3 is 2.44 bits per heavy atom. The number of rotatable bonds is 2. The van der Waals surface area contributed by atoms with Crippen molar-refractivity contribution in [1.29, 1.82) is 0 Å². The molecule has 0 spiro atoms. The molecule has 0 bridgehead atoms. The lowest BCUT2D eigenvalue weighted by molar-refractivity contribution is -0.119. The van der Waals surface area contributed by atoms with Crippen LogP contribution in [0, 0.1) is 5.92 Å². The first kappa shape index (κ1) is 7.51. The van der Waals surface area contributed by atoms with Crippen LogP contribution in [-0.2, 0) is 4.79 Å². The Balaban J connectivity index is 2.32. The first-order valence-corrected chi connectivity index (χ1v) is 4.96. The second-order valence-corrected chi connectivity index (χ2v) is 3.34. The summed E-state index contributed by atoms with van der Waals surface area (Å²) in [5.74, 6) is 0.898. The molecule has 0 amide bonds. The molecule has 0 atom stereocenters. The van der Waals surface area contributed by atoms with Crippen molar-refractivity contribution in [1.82, 2.24) is 0 Å². The molecule has 0 aromatic carbocycles. The van der Waals surface area contributed by atoms with E-state index in [-0.39, 0.29) is 0 Å². The van der Waals surface area contributed by atoms with Crippen LogP contribution in [0.15, 0.2) is 0 Å². The van der Waals surface area contributed by atoms with E-state index in [1.165, 1.54) is 12.8 Å². The molecule has 0 aromatic rings. The molecule has 1 aliphatic carbocycles. The predicted octanol–water partition coefficient (Wildman–Crippen LogP) is 2.18. The zero-order valence-corrected chi connectivity index (χ0v) is 7.56. The first-order chi connectivity index (χ1) is 4.34. The summed E-state index contributed by atoms with van der Waals surface area (Å²) in [6.45, 7) is 0. The smallest absolute Gasteiger partial charge is 0.145 e. The Labute approximate surface area is 69.3 Å². The summed E-state index contributed by atoms with van der Waals surface area (Å²) in [5.41, 5.74) is 0. The standard InChI is InChI=1S/C7H11IO/c8-5-7(9)6-3-1-2-4-6/h6H,1-5H2. The monoisotopic (exact) mass is 238 g/mol.